The van der Waals surface area contributed by atoms with E-state index in [0.717, 1.165) is 4.31 Å². The first-order chi connectivity index (χ1) is 10.8. The molecule has 0 radical (unpaired) electrons. The molecule has 1 aromatic rings. The summed E-state index contributed by atoms with van der Waals surface area (Å²) in [7, 11) is -2.54. The van der Waals surface area contributed by atoms with Crippen molar-refractivity contribution in [3.8, 4) is 5.75 Å². The lowest BCUT2D eigenvalue weighted by molar-refractivity contribution is -0.129. The van der Waals surface area contributed by atoms with Gasteiger partial charge in [0.15, 0.2) is 0 Å². The van der Waals surface area contributed by atoms with Crippen molar-refractivity contribution in [3.05, 3.63) is 24.3 Å². The van der Waals surface area contributed by atoms with Gasteiger partial charge in [-0.25, -0.2) is 13.9 Å². The minimum Gasteiger partial charge on any atom is -0.497 e. The lowest BCUT2D eigenvalue weighted by atomic mass is 10.3. The third-order valence-electron chi connectivity index (χ3n) is 3.04. The van der Waals surface area contributed by atoms with Gasteiger partial charge >= 0.3 is 0 Å². The summed E-state index contributed by atoms with van der Waals surface area (Å²) in [5, 5.41) is 26.9. The van der Waals surface area contributed by atoms with Crippen LogP contribution in [-0.2, 0) is 14.8 Å². The number of hydrogen-bond donors (Lipinski definition) is 4. The lowest BCUT2D eigenvalue weighted by Gasteiger charge is -2.23. The van der Waals surface area contributed by atoms with E-state index in [1.165, 1.54) is 36.9 Å². The molecule has 4 N–H and O–H groups in total. The predicted octanol–water partition coefficient (Wildman–Crippen LogP) is -1.07. The highest BCUT2D eigenvalue weighted by molar-refractivity contribution is 7.89. The average Bonchev–Trinajstić information content (AvgIpc) is 2.57. The molecule has 0 aliphatic heterocycles. The second-order valence-electron chi connectivity index (χ2n) is 4.66. The molecular formula is C13H20N2O7S. The van der Waals surface area contributed by atoms with Gasteiger partial charge in [0.05, 0.1) is 24.7 Å². The zero-order valence-corrected chi connectivity index (χ0v) is 13.4. The van der Waals surface area contributed by atoms with Gasteiger partial charge in [-0.05, 0) is 24.3 Å². The number of aliphatic hydroxyl groups excluding tert-OH is 2. The zero-order chi connectivity index (χ0) is 17.5. The highest BCUT2D eigenvalue weighted by Crippen LogP contribution is 2.20. The number of hydrogen-bond acceptors (Lipinski definition) is 7. The molecule has 1 rings (SSSR count). The Morgan fingerprint density at radius 3 is 2.43 bits per heavy atom. The second-order valence-corrected chi connectivity index (χ2v) is 6.60. The van der Waals surface area contributed by atoms with Gasteiger partial charge in [-0.15, -0.1) is 0 Å². The minimum atomic E-state index is -3.99. The molecule has 10 heteroatoms. The van der Waals surface area contributed by atoms with E-state index in [-0.39, 0.29) is 24.4 Å². The van der Waals surface area contributed by atoms with E-state index in [0.29, 0.717) is 5.75 Å². The molecule has 9 nitrogen and oxygen atoms in total. The Bertz CT molecular complexity index is 603. The standard InChI is InChI=1S/C13H20N2O7S/c1-22-11-2-4-12(5-3-11)23(20,21)15(8-10(17)9-16)7-6-13(18)14-19/h2-5,10,16-17,19H,6-9H2,1H3,(H,14,18). The molecule has 0 aromatic heterocycles. The number of methoxy groups -OCH3 is 1. The first-order valence-corrected chi connectivity index (χ1v) is 8.15. The highest BCUT2D eigenvalue weighted by atomic mass is 32.2. The molecule has 0 aliphatic rings. The van der Waals surface area contributed by atoms with Gasteiger partial charge in [0, 0.05) is 19.5 Å². The molecule has 0 aliphatic carbocycles. The van der Waals surface area contributed by atoms with Crippen molar-refractivity contribution in [1.82, 2.24) is 9.79 Å². The Hall–Kier alpha value is -1.72. The Balaban J connectivity index is 3.02. The van der Waals surface area contributed by atoms with Crippen molar-refractivity contribution in [2.24, 2.45) is 0 Å². The van der Waals surface area contributed by atoms with Crippen LogP contribution in [0.25, 0.3) is 0 Å². The van der Waals surface area contributed by atoms with Gasteiger partial charge < -0.3 is 14.9 Å². The number of carbonyl (C=O) groups excluding carboxylic acids is 1. The molecule has 1 amide bonds. The minimum absolute atomic E-state index is 0.0483. The van der Waals surface area contributed by atoms with Crippen LogP contribution in [0.1, 0.15) is 6.42 Å². The number of rotatable bonds is 9. The van der Waals surface area contributed by atoms with E-state index >= 15 is 0 Å². The van der Waals surface area contributed by atoms with E-state index in [1.54, 1.807) is 0 Å². The fraction of sp³-hybridized carbons (Fsp3) is 0.462. The van der Waals surface area contributed by atoms with Crippen molar-refractivity contribution in [1.29, 1.82) is 0 Å². The van der Waals surface area contributed by atoms with Gasteiger partial charge in [-0.1, -0.05) is 0 Å². The van der Waals surface area contributed by atoms with Crippen molar-refractivity contribution < 1.29 is 33.4 Å². The summed E-state index contributed by atoms with van der Waals surface area (Å²) in [4.78, 5) is 11.1. The monoisotopic (exact) mass is 348 g/mol. The van der Waals surface area contributed by atoms with Crippen LogP contribution < -0.4 is 10.2 Å². The van der Waals surface area contributed by atoms with Crippen LogP contribution in [0.4, 0.5) is 0 Å². The number of amides is 1. The molecule has 1 aromatic carbocycles. The lowest BCUT2D eigenvalue weighted by Crippen LogP contribution is -2.40. The van der Waals surface area contributed by atoms with Crippen molar-refractivity contribution in [3.63, 3.8) is 0 Å². The van der Waals surface area contributed by atoms with Crippen molar-refractivity contribution in [2.45, 2.75) is 17.4 Å². The first kappa shape index (κ1) is 19.3. The molecule has 0 fully saturated rings. The first-order valence-electron chi connectivity index (χ1n) is 6.71. The maximum Gasteiger partial charge on any atom is 0.244 e. The van der Waals surface area contributed by atoms with Crippen LogP contribution in [0, 0.1) is 0 Å². The molecule has 0 bridgehead atoms. The summed E-state index contributed by atoms with van der Waals surface area (Å²) in [6, 6.07) is 5.60. The number of aliphatic hydroxyl groups is 2. The van der Waals surface area contributed by atoms with Gasteiger partial charge in [0.2, 0.25) is 15.9 Å². The molecule has 23 heavy (non-hydrogen) atoms. The van der Waals surface area contributed by atoms with Gasteiger partial charge in [-0.3, -0.25) is 10.0 Å². The smallest absolute Gasteiger partial charge is 0.244 e. The molecule has 1 unspecified atom stereocenters. The number of hydroxylamine groups is 1. The largest absolute Gasteiger partial charge is 0.497 e. The fourth-order valence-electron chi connectivity index (χ4n) is 1.78. The van der Waals surface area contributed by atoms with Gasteiger partial charge in [-0.2, -0.15) is 4.31 Å². The molecule has 0 saturated heterocycles. The summed E-state index contributed by atoms with van der Waals surface area (Å²) in [5.41, 5.74) is 1.41. The fourth-order valence-corrected chi connectivity index (χ4v) is 3.26. The molecular weight excluding hydrogens is 328 g/mol. The molecule has 1 atom stereocenters. The van der Waals surface area contributed by atoms with Crippen LogP contribution in [0.15, 0.2) is 29.2 Å². The Labute approximate surface area is 134 Å². The summed E-state index contributed by atoms with van der Waals surface area (Å²) in [6.45, 7) is -1.28. The Morgan fingerprint density at radius 1 is 1.35 bits per heavy atom. The topological polar surface area (TPSA) is 136 Å². The Morgan fingerprint density at radius 2 is 1.96 bits per heavy atom. The number of nitrogens with zero attached hydrogens (tertiary/aromatic N) is 1. The number of sulfonamides is 1. The molecule has 0 spiro atoms. The van der Waals surface area contributed by atoms with E-state index < -0.39 is 28.6 Å². The summed E-state index contributed by atoms with van der Waals surface area (Å²) in [5.74, 6) is -0.288. The van der Waals surface area contributed by atoms with Crippen LogP contribution >= 0.6 is 0 Å². The van der Waals surface area contributed by atoms with E-state index in [4.69, 9.17) is 15.1 Å². The maximum atomic E-state index is 12.6. The summed E-state index contributed by atoms with van der Waals surface area (Å²) < 4.78 is 31.0. The summed E-state index contributed by atoms with van der Waals surface area (Å²) >= 11 is 0. The van der Waals surface area contributed by atoms with Crippen LogP contribution in [0.5, 0.6) is 5.75 Å². The number of ether oxygens (including phenoxy) is 1. The van der Waals surface area contributed by atoms with Crippen molar-refractivity contribution >= 4 is 15.9 Å². The molecule has 0 saturated carbocycles. The van der Waals surface area contributed by atoms with Crippen LogP contribution in [0.3, 0.4) is 0 Å². The van der Waals surface area contributed by atoms with Gasteiger partial charge in [0.25, 0.3) is 0 Å². The van der Waals surface area contributed by atoms with E-state index in [9.17, 15) is 18.3 Å². The maximum absolute atomic E-state index is 12.6. The quantitative estimate of drug-likeness (QED) is 0.330. The third-order valence-corrected chi connectivity index (χ3v) is 4.91. The average molecular weight is 348 g/mol. The van der Waals surface area contributed by atoms with Crippen LogP contribution in [-0.4, -0.2) is 67.0 Å². The second kappa shape index (κ2) is 8.79. The number of carbonyl (C=O) groups is 1. The zero-order valence-electron chi connectivity index (χ0n) is 12.5. The normalized spacial score (nSPS) is 12.9. The van der Waals surface area contributed by atoms with Gasteiger partial charge in [0.1, 0.15) is 5.75 Å². The predicted molar refractivity (Wildman–Crippen MR) is 79.4 cm³/mol. The highest BCUT2D eigenvalue weighted by Gasteiger charge is 2.27. The molecule has 130 valence electrons. The molecule has 0 heterocycles. The van der Waals surface area contributed by atoms with E-state index in [1.807, 2.05) is 0 Å². The Kier molecular flexibility index (Phi) is 7.39. The number of nitrogens with one attached hydrogen (secondary N) is 1. The van der Waals surface area contributed by atoms with Crippen molar-refractivity contribution in [2.75, 3.05) is 26.8 Å². The van der Waals surface area contributed by atoms with E-state index in [2.05, 4.69) is 0 Å². The SMILES string of the molecule is COc1ccc(S(=O)(=O)N(CCC(=O)NO)CC(O)CO)cc1. The number of benzene rings is 1. The third kappa shape index (κ3) is 5.44. The van der Waals surface area contributed by atoms with Crippen LogP contribution in [0.2, 0.25) is 0 Å². The summed E-state index contributed by atoms with van der Waals surface area (Å²) in [6.07, 6.45) is -1.59.